The minimum absolute atomic E-state index is 0.000942. The molecule has 1 aliphatic heterocycles. The van der Waals surface area contributed by atoms with E-state index in [1.54, 1.807) is 0 Å². The average Bonchev–Trinajstić information content (AvgIpc) is 2.77. The van der Waals surface area contributed by atoms with Crippen molar-refractivity contribution in [3.8, 4) is 0 Å². The van der Waals surface area contributed by atoms with Gasteiger partial charge in [0.15, 0.2) is 15.6 Å². The largest absolute Gasteiger partial charge is 0.302 e. The maximum atomic E-state index is 12.8. The van der Waals surface area contributed by atoms with Crippen molar-refractivity contribution in [2.24, 2.45) is 0 Å². The van der Waals surface area contributed by atoms with E-state index in [9.17, 15) is 17.6 Å². The number of Topliss-reactive ketones (excluding diaryl/α,β-unsaturated/α-hetero) is 1. The summed E-state index contributed by atoms with van der Waals surface area (Å²) in [4.78, 5) is 13.9. The maximum Gasteiger partial charge on any atom is 0.164 e. The topological polar surface area (TPSA) is 54.5 Å². The van der Waals surface area contributed by atoms with Crippen molar-refractivity contribution in [3.05, 3.63) is 35.6 Å². The van der Waals surface area contributed by atoms with Gasteiger partial charge in [0.1, 0.15) is 5.82 Å². The summed E-state index contributed by atoms with van der Waals surface area (Å²) < 4.78 is 35.6. The molecular weight excluding hydrogens is 281 g/mol. The smallest absolute Gasteiger partial charge is 0.164 e. The third kappa shape index (κ3) is 3.86. The predicted octanol–water partition coefficient (Wildman–Crippen LogP) is 1.52. The first-order valence-corrected chi connectivity index (χ1v) is 8.39. The molecule has 1 aromatic carbocycles. The molecule has 0 aliphatic carbocycles. The van der Waals surface area contributed by atoms with Crippen molar-refractivity contribution < 1.29 is 17.6 Å². The van der Waals surface area contributed by atoms with Gasteiger partial charge in [0, 0.05) is 24.6 Å². The zero-order valence-corrected chi connectivity index (χ0v) is 12.2. The van der Waals surface area contributed by atoms with Crippen molar-refractivity contribution in [2.75, 3.05) is 25.1 Å². The fourth-order valence-corrected chi connectivity index (χ4v) is 4.17. The molecule has 1 saturated heterocycles. The third-order valence-corrected chi connectivity index (χ3v) is 5.44. The Kier molecular flexibility index (Phi) is 4.55. The summed E-state index contributed by atoms with van der Waals surface area (Å²) in [5, 5.41) is 0. The Morgan fingerprint density at radius 1 is 1.35 bits per heavy atom. The summed E-state index contributed by atoms with van der Waals surface area (Å²) in [7, 11) is -1.07. The van der Waals surface area contributed by atoms with Gasteiger partial charge in [0.25, 0.3) is 0 Å². The third-order valence-electron chi connectivity index (χ3n) is 3.69. The molecule has 0 aromatic heterocycles. The van der Waals surface area contributed by atoms with Gasteiger partial charge in [0.2, 0.25) is 0 Å². The van der Waals surface area contributed by atoms with Gasteiger partial charge in [-0.3, -0.25) is 4.79 Å². The Labute approximate surface area is 118 Å². The number of benzene rings is 1. The molecule has 6 heteroatoms. The van der Waals surface area contributed by atoms with Gasteiger partial charge in [-0.05, 0) is 37.7 Å². The predicted molar refractivity (Wildman–Crippen MR) is 75.0 cm³/mol. The first-order valence-electron chi connectivity index (χ1n) is 6.57. The fraction of sp³-hybridized carbons (Fsp3) is 0.500. The van der Waals surface area contributed by atoms with E-state index in [1.165, 1.54) is 24.3 Å². The van der Waals surface area contributed by atoms with Gasteiger partial charge in [-0.2, -0.15) is 0 Å². The second-order valence-corrected chi connectivity index (χ2v) is 7.45. The SMILES string of the molecule is CN(CCC(=O)c1ccc(F)cc1)[C@H]1CCS(=O)(=O)C1. The van der Waals surface area contributed by atoms with Crippen LogP contribution in [0.15, 0.2) is 24.3 Å². The van der Waals surface area contributed by atoms with Gasteiger partial charge in [-0.25, -0.2) is 12.8 Å². The lowest BCUT2D eigenvalue weighted by molar-refractivity contribution is 0.0963. The number of rotatable bonds is 5. The lowest BCUT2D eigenvalue weighted by atomic mass is 10.1. The average molecular weight is 299 g/mol. The van der Waals surface area contributed by atoms with Gasteiger partial charge >= 0.3 is 0 Å². The van der Waals surface area contributed by atoms with Crippen molar-refractivity contribution >= 4 is 15.6 Å². The molecule has 0 bridgehead atoms. The zero-order chi connectivity index (χ0) is 14.8. The van der Waals surface area contributed by atoms with Crippen LogP contribution in [0.2, 0.25) is 0 Å². The number of sulfone groups is 1. The van der Waals surface area contributed by atoms with Crippen LogP contribution in [0.1, 0.15) is 23.2 Å². The summed E-state index contributed by atoms with van der Waals surface area (Å²) in [5.74, 6) is -0.0187. The van der Waals surface area contributed by atoms with Crippen LogP contribution in [-0.2, 0) is 9.84 Å². The first kappa shape index (κ1) is 15.1. The number of nitrogens with zero attached hydrogens (tertiary/aromatic N) is 1. The summed E-state index contributed by atoms with van der Waals surface area (Å²) in [6.07, 6.45) is 0.933. The van der Waals surface area contributed by atoms with E-state index < -0.39 is 9.84 Å². The monoisotopic (exact) mass is 299 g/mol. The van der Waals surface area contributed by atoms with E-state index in [1.807, 2.05) is 11.9 Å². The molecule has 0 N–H and O–H groups in total. The van der Waals surface area contributed by atoms with Crippen LogP contribution >= 0.6 is 0 Å². The van der Waals surface area contributed by atoms with Crippen LogP contribution in [0.4, 0.5) is 4.39 Å². The van der Waals surface area contributed by atoms with Crippen molar-refractivity contribution in [2.45, 2.75) is 18.9 Å². The minimum Gasteiger partial charge on any atom is -0.302 e. The lowest BCUT2D eigenvalue weighted by Crippen LogP contribution is -2.34. The van der Waals surface area contributed by atoms with Crippen molar-refractivity contribution in [1.82, 2.24) is 4.90 Å². The summed E-state index contributed by atoms with van der Waals surface area (Å²) in [5.41, 5.74) is 0.485. The van der Waals surface area contributed by atoms with Gasteiger partial charge in [-0.15, -0.1) is 0 Å². The molecule has 1 aliphatic rings. The normalized spacial score (nSPS) is 21.2. The highest BCUT2D eigenvalue weighted by Gasteiger charge is 2.30. The van der Waals surface area contributed by atoms with Gasteiger partial charge < -0.3 is 4.90 Å². The standard InChI is InChI=1S/C14H18FNO3S/c1-16(13-7-9-20(18,19)10-13)8-6-14(17)11-2-4-12(15)5-3-11/h2-5,13H,6-10H2,1H3/t13-/m0/s1. The molecule has 20 heavy (non-hydrogen) atoms. The minimum atomic E-state index is -2.90. The Morgan fingerprint density at radius 3 is 2.55 bits per heavy atom. The van der Waals surface area contributed by atoms with E-state index in [4.69, 9.17) is 0 Å². The molecule has 0 unspecified atom stereocenters. The quantitative estimate of drug-likeness (QED) is 0.774. The first-order chi connectivity index (χ1) is 9.37. The second kappa shape index (κ2) is 6.01. The molecular formula is C14H18FNO3S. The summed E-state index contributed by atoms with van der Waals surface area (Å²) in [6.45, 7) is 0.510. The molecule has 1 atom stereocenters. The lowest BCUT2D eigenvalue weighted by Gasteiger charge is -2.22. The number of hydrogen-bond acceptors (Lipinski definition) is 4. The summed E-state index contributed by atoms with van der Waals surface area (Å²) in [6, 6.07) is 5.47. The Bertz CT molecular complexity index is 583. The fourth-order valence-electron chi connectivity index (χ4n) is 2.36. The number of carbonyl (C=O) groups is 1. The highest BCUT2D eigenvalue weighted by Crippen LogP contribution is 2.17. The van der Waals surface area contributed by atoms with Crippen LogP contribution in [0.25, 0.3) is 0 Å². The molecule has 2 rings (SSSR count). The van der Waals surface area contributed by atoms with Crippen LogP contribution < -0.4 is 0 Å². The van der Waals surface area contributed by atoms with Crippen LogP contribution in [0, 0.1) is 5.82 Å². The number of halogens is 1. The Balaban J connectivity index is 1.86. The van der Waals surface area contributed by atoms with E-state index in [-0.39, 0.29) is 29.1 Å². The second-order valence-electron chi connectivity index (χ2n) is 5.22. The van der Waals surface area contributed by atoms with Crippen LogP contribution in [0.5, 0.6) is 0 Å². The molecule has 0 saturated carbocycles. The Hall–Kier alpha value is -1.27. The Morgan fingerprint density at radius 2 is 2.00 bits per heavy atom. The van der Waals surface area contributed by atoms with Crippen molar-refractivity contribution in [3.63, 3.8) is 0 Å². The zero-order valence-electron chi connectivity index (χ0n) is 11.4. The summed E-state index contributed by atoms with van der Waals surface area (Å²) >= 11 is 0. The number of ketones is 1. The molecule has 110 valence electrons. The van der Waals surface area contributed by atoms with Crippen LogP contribution in [-0.4, -0.2) is 50.2 Å². The molecule has 1 heterocycles. The maximum absolute atomic E-state index is 12.8. The highest BCUT2D eigenvalue weighted by atomic mass is 32.2. The van der Waals surface area contributed by atoms with Crippen LogP contribution in [0.3, 0.4) is 0 Å². The molecule has 0 amide bonds. The molecule has 0 radical (unpaired) electrons. The van der Waals surface area contributed by atoms with E-state index in [2.05, 4.69) is 0 Å². The van der Waals surface area contributed by atoms with E-state index in [0.29, 0.717) is 24.9 Å². The molecule has 0 spiro atoms. The molecule has 4 nitrogen and oxygen atoms in total. The number of carbonyl (C=O) groups excluding carboxylic acids is 1. The molecule has 1 aromatic rings. The van der Waals surface area contributed by atoms with Gasteiger partial charge in [0.05, 0.1) is 11.5 Å². The van der Waals surface area contributed by atoms with Crippen molar-refractivity contribution in [1.29, 1.82) is 0 Å². The van der Waals surface area contributed by atoms with E-state index in [0.717, 1.165) is 0 Å². The number of hydrogen-bond donors (Lipinski definition) is 0. The van der Waals surface area contributed by atoms with Gasteiger partial charge in [-0.1, -0.05) is 0 Å². The molecule has 1 fully saturated rings. The van der Waals surface area contributed by atoms with E-state index >= 15 is 0 Å². The highest BCUT2D eigenvalue weighted by molar-refractivity contribution is 7.91.